The Bertz CT molecular complexity index is 633. The third kappa shape index (κ3) is 6.56. The second-order valence-corrected chi connectivity index (χ2v) is 5.98. The summed E-state index contributed by atoms with van der Waals surface area (Å²) in [7, 11) is 1.61. The van der Waals surface area contributed by atoms with Crippen molar-refractivity contribution >= 4 is 41.3 Å². The summed E-state index contributed by atoms with van der Waals surface area (Å²) in [4.78, 5) is 5.87. The van der Waals surface area contributed by atoms with E-state index < -0.39 is 0 Å². The molecule has 7 heteroatoms. The number of methoxy groups -OCH3 is 1. The highest BCUT2D eigenvalue weighted by Crippen LogP contribution is 2.23. The van der Waals surface area contributed by atoms with Gasteiger partial charge >= 0.3 is 0 Å². The zero-order valence-electron chi connectivity index (χ0n) is 13.9. The lowest BCUT2D eigenvalue weighted by Crippen LogP contribution is -2.38. The maximum Gasteiger partial charge on any atom is 0.191 e. The number of hydrogen-bond donors (Lipinski definition) is 3. The molecule has 0 aliphatic heterocycles. The van der Waals surface area contributed by atoms with Gasteiger partial charge in [-0.2, -0.15) is 0 Å². The van der Waals surface area contributed by atoms with Gasteiger partial charge in [0.2, 0.25) is 0 Å². The van der Waals surface area contributed by atoms with Crippen molar-refractivity contribution in [3.8, 4) is 11.5 Å². The Labute approximate surface area is 164 Å². The van der Waals surface area contributed by atoms with Gasteiger partial charge in [0.1, 0.15) is 11.5 Å². The molecule has 2 aromatic rings. The monoisotopic (exact) mass is 461 g/mol. The fourth-order valence-electron chi connectivity index (χ4n) is 2.08. The molecule has 3 N–H and O–H groups in total. The molecule has 0 fully saturated rings. The Morgan fingerprint density at radius 1 is 1.29 bits per heavy atom. The average molecular weight is 461 g/mol. The first-order chi connectivity index (χ1) is 11.2. The number of halogens is 1. The van der Waals surface area contributed by atoms with Crippen molar-refractivity contribution in [2.75, 3.05) is 20.2 Å². The summed E-state index contributed by atoms with van der Waals surface area (Å²) < 4.78 is 5.18. The van der Waals surface area contributed by atoms with Crippen LogP contribution in [0.3, 0.4) is 0 Å². The van der Waals surface area contributed by atoms with Crippen LogP contribution in [-0.4, -0.2) is 31.3 Å². The van der Waals surface area contributed by atoms with E-state index in [4.69, 9.17) is 4.74 Å². The van der Waals surface area contributed by atoms with Gasteiger partial charge in [0.15, 0.2) is 5.96 Å². The van der Waals surface area contributed by atoms with Crippen LogP contribution in [0.2, 0.25) is 0 Å². The molecule has 5 nitrogen and oxygen atoms in total. The largest absolute Gasteiger partial charge is 0.508 e. The van der Waals surface area contributed by atoms with Crippen molar-refractivity contribution in [1.82, 2.24) is 10.6 Å². The summed E-state index contributed by atoms with van der Waals surface area (Å²) in [6.07, 6.45) is 0.965. The summed E-state index contributed by atoms with van der Waals surface area (Å²) >= 11 is 1.76. The standard InChI is InChI=1S/C17H23N3O2S.HI/c1-3-18-17(19-9-8-15-5-4-10-23-15)20-12-13-11-14(22-2)6-7-16(13)21;/h4-7,10-11,21H,3,8-9,12H2,1-2H3,(H2,18,19,20);1H. The minimum Gasteiger partial charge on any atom is -0.508 e. The summed E-state index contributed by atoms with van der Waals surface area (Å²) in [5, 5.41) is 18.5. The molecule has 0 radical (unpaired) electrons. The van der Waals surface area contributed by atoms with E-state index in [-0.39, 0.29) is 29.7 Å². The lowest BCUT2D eigenvalue weighted by Gasteiger charge is -2.11. The molecule has 132 valence electrons. The molecule has 24 heavy (non-hydrogen) atoms. The van der Waals surface area contributed by atoms with Crippen LogP contribution in [0.5, 0.6) is 11.5 Å². The predicted octanol–water partition coefficient (Wildman–Crippen LogP) is 3.38. The fourth-order valence-corrected chi connectivity index (χ4v) is 2.79. The lowest BCUT2D eigenvalue weighted by molar-refractivity contribution is 0.411. The zero-order chi connectivity index (χ0) is 16.5. The maximum atomic E-state index is 9.91. The Morgan fingerprint density at radius 2 is 2.12 bits per heavy atom. The van der Waals surface area contributed by atoms with Gasteiger partial charge in [0.05, 0.1) is 13.7 Å². The third-order valence-electron chi connectivity index (χ3n) is 3.28. The molecular formula is C17H24IN3O2S. The van der Waals surface area contributed by atoms with E-state index in [9.17, 15) is 5.11 Å². The molecule has 0 atom stereocenters. The van der Waals surface area contributed by atoms with Gasteiger partial charge in [-0.3, -0.25) is 0 Å². The van der Waals surface area contributed by atoms with E-state index >= 15 is 0 Å². The topological polar surface area (TPSA) is 65.9 Å². The van der Waals surface area contributed by atoms with Crippen molar-refractivity contribution in [2.24, 2.45) is 4.99 Å². The number of hydrogen-bond acceptors (Lipinski definition) is 4. The first-order valence-electron chi connectivity index (χ1n) is 7.63. The van der Waals surface area contributed by atoms with Crippen LogP contribution in [0.15, 0.2) is 40.7 Å². The first kappa shape index (κ1) is 20.6. The number of aromatic hydroxyl groups is 1. The van der Waals surface area contributed by atoms with Gasteiger partial charge in [-0.1, -0.05) is 6.07 Å². The number of phenols is 1. The van der Waals surface area contributed by atoms with E-state index in [2.05, 4.69) is 33.1 Å². The van der Waals surface area contributed by atoms with E-state index in [1.165, 1.54) is 4.88 Å². The Morgan fingerprint density at radius 3 is 2.79 bits per heavy atom. The van der Waals surface area contributed by atoms with Crippen molar-refractivity contribution < 1.29 is 9.84 Å². The lowest BCUT2D eigenvalue weighted by atomic mass is 10.2. The molecule has 0 bridgehead atoms. The smallest absolute Gasteiger partial charge is 0.191 e. The van der Waals surface area contributed by atoms with Crippen LogP contribution in [0.4, 0.5) is 0 Å². The number of thiophene rings is 1. The van der Waals surface area contributed by atoms with Crippen LogP contribution in [-0.2, 0) is 13.0 Å². The summed E-state index contributed by atoms with van der Waals surface area (Å²) in [5.74, 6) is 1.68. The molecule has 0 unspecified atom stereocenters. The number of aliphatic imine (C=N–C) groups is 1. The van der Waals surface area contributed by atoms with Crippen LogP contribution in [0.25, 0.3) is 0 Å². The highest BCUT2D eigenvalue weighted by molar-refractivity contribution is 14.0. The number of nitrogens with zero attached hydrogens (tertiary/aromatic N) is 1. The number of rotatable bonds is 7. The minimum atomic E-state index is 0. The molecule has 2 rings (SSSR count). The van der Waals surface area contributed by atoms with E-state index in [0.29, 0.717) is 12.3 Å². The summed E-state index contributed by atoms with van der Waals surface area (Å²) in [6.45, 7) is 4.02. The van der Waals surface area contributed by atoms with E-state index in [0.717, 1.165) is 31.0 Å². The molecule has 1 aromatic carbocycles. The fraction of sp³-hybridized carbons (Fsp3) is 0.353. The molecule has 1 heterocycles. The Hall–Kier alpha value is -1.48. The molecule has 0 aliphatic carbocycles. The molecule has 0 saturated heterocycles. The second kappa shape index (κ2) is 11.1. The number of ether oxygens (including phenoxy) is 1. The molecular weight excluding hydrogens is 437 g/mol. The van der Waals surface area contributed by atoms with Gasteiger partial charge in [-0.25, -0.2) is 4.99 Å². The number of nitrogens with one attached hydrogen (secondary N) is 2. The van der Waals surface area contributed by atoms with Gasteiger partial charge in [-0.15, -0.1) is 35.3 Å². The highest BCUT2D eigenvalue weighted by Gasteiger charge is 2.04. The van der Waals surface area contributed by atoms with Crippen molar-refractivity contribution in [3.63, 3.8) is 0 Å². The second-order valence-electron chi connectivity index (χ2n) is 4.95. The highest BCUT2D eigenvalue weighted by atomic mass is 127. The third-order valence-corrected chi connectivity index (χ3v) is 4.22. The molecule has 0 amide bonds. The van der Waals surface area contributed by atoms with Crippen molar-refractivity contribution in [3.05, 3.63) is 46.2 Å². The Balaban J connectivity index is 0.00000288. The quantitative estimate of drug-likeness (QED) is 0.336. The van der Waals surface area contributed by atoms with Crippen molar-refractivity contribution in [1.29, 1.82) is 0 Å². The van der Waals surface area contributed by atoms with Gasteiger partial charge in [-0.05, 0) is 43.0 Å². The predicted molar refractivity (Wildman–Crippen MR) is 111 cm³/mol. The average Bonchev–Trinajstić information content (AvgIpc) is 3.07. The summed E-state index contributed by atoms with van der Waals surface area (Å²) in [5.41, 5.74) is 0.736. The molecule has 0 spiro atoms. The molecule has 0 aliphatic rings. The summed E-state index contributed by atoms with van der Waals surface area (Å²) in [6, 6.07) is 9.34. The van der Waals surface area contributed by atoms with E-state index in [1.807, 2.05) is 6.92 Å². The normalized spacial score (nSPS) is 10.8. The van der Waals surface area contributed by atoms with E-state index in [1.54, 1.807) is 36.6 Å². The van der Waals surface area contributed by atoms with Crippen LogP contribution in [0, 0.1) is 0 Å². The first-order valence-corrected chi connectivity index (χ1v) is 8.51. The molecule has 0 saturated carbocycles. The van der Waals surface area contributed by atoms with Crippen LogP contribution >= 0.6 is 35.3 Å². The van der Waals surface area contributed by atoms with Crippen LogP contribution < -0.4 is 15.4 Å². The van der Waals surface area contributed by atoms with Gasteiger partial charge < -0.3 is 20.5 Å². The number of guanidine groups is 1. The van der Waals surface area contributed by atoms with Crippen molar-refractivity contribution in [2.45, 2.75) is 19.9 Å². The Kier molecular flexibility index (Phi) is 9.55. The SMILES string of the molecule is CCNC(=NCc1cc(OC)ccc1O)NCCc1cccs1.I. The number of benzene rings is 1. The number of phenolic OH excluding ortho intramolecular Hbond substituents is 1. The van der Waals surface area contributed by atoms with Crippen LogP contribution in [0.1, 0.15) is 17.4 Å². The van der Waals surface area contributed by atoms with Gasteiger partial charge in [0.25, 0.3) is 0 Å². The minimum absolute atomic E-state index is 0. The zero-order valence-corrected chi connectivity index (χ0v) is 17.1. The van der Waals surface area contributed by atoms with Gasteiger partial charge in [0, 0.05) is 23.5 Å². The maximum absolute atomic E-state index is 9.91. The molecule has 1 aromatic heterocycles.